The number of carbonyl (C=O) groups excluding carboxylic acids is 1. The Kier molecular flexibility index (Phi) is 5.41. The van der Waals surface area contributed by atoms with E-state index in [1.165, 1.54) is 43.3 Å². The molecule has 0 spiro atoms. The number of benzene rings is 2. The lowest BCUT2D eigenvalue weighted by Crippen LogP contribution is -2.15. The van der Waals surface area contributed by atoms with E-state index in [0.717, 1.165) is 5.69 Å². The van der Waals surface area contributed by atoms with Crippen molar-refractivity contribution >= 4 is 23.4 Å². The second kappa shape index (κ2) is 7.92. The number of ether oxygens (including phenoxy) is 2. The molecule has 0 radical (unpaired) electrons. The fourth-order valence-corrected chi connectivity index (χ4v) is 3.00. The van der Waals surface area contributed by atoms with Crippen LogP contribution in [0.15, 0.2) is 59.9 Å². The summed E-state index contributed by atoms with van der Waals surface area (Å²) in [7, 11) is 1.40. The van der Waals surface area contributed by atoms with Crippen molar-refractivity contribution in [2.75, 3.05) is 13.4 Å². The zero-order valence-corrected chi connectivity index (χ0v) is 15.3. The Morgan fingerprint density at radius 3 is 2.59 bits per heavy atom. The minimum Gasteiger partial charge on any atom is -0.496 e. The van der Waals surface area contributed by atoms with Crippen LogP contribution in [-0.2, 0) is 0 Å². The average molecular weight is 385 g/mol. The van der Waals surface area contributed by atoms with Crippen molar-refractivity contribution in [2.45, 2.75) is 5.16 Å². The summed E-state index contributed by atoms with van der Waals surface area (Å²) in [5, 5.41) is 11.9. The number of hydrogen-bond acceptors (Lipinski definition) is 7. The van der Waals surface area contributed by atoms with Crippen LogP contribution in [0, 0.1) is 10.1 Å². The SMILES string of the molecule is COc1ccc(OC(=O)c2cnc(SC)n2-c2ccccc2)c([N+](=O)[O-])c1. The molecular weight excluding hydrogens is 370 g/mol. The van der Waals surface area contributed by atoms with Gasteiger partial charge in [-0.1, -0.05) is 30.0 Å². The van der Waals surface area contributed by atoms with Gasteiger partial charge in [0, 0.05) is 5.69 Å². The lowest BCUT2D eigenvalue weighted by Gasteiger charge is -2.11. The first-order valence-electron chi connectivity index (χ1n) is 7.77. The quantitative estimate of drug-likeness (QED) is 0.210. The summed E-state index contributed by atoms with van der Waals surface area (Å²) in [5.74, 6) is -0.627. The maximum absolute atomic E-state index is 12.7. The normalized spacial score (nSPS) is 10.4. The Bertz CT molecular complexity index is 988. The van der Waals surface area contributed by atoms with Crippen molar-refractivity contribution in [3.63, 3.8) is 0 Å². The van der Waals surface area contributed by atoms with Crippen LogP contribution in [-0.4, -0.2) is 33.8 Å². The molecule has 0 unspecified atom stereocenters. The van der Waals surface area contributed by atoms with Crippen LogP contribution in [0.5, 0.6) is 11.5 Å². The molecule has 0 aliphatic heterocycles. The third kappa shape index (κ3) is 3.77. The van der Waals surface area contributed by atoms with E-state index in [1.54, 1.807) is 4.57 Å². The molecule has 3 aromatic rings. The molecule has 0 fully saturated rings. The molecule has 0 saturated carbocycles. The predicted octanol–water partition coefficient (Wildman–Crippen LogP) is 3.73. The number of nitro benzene ring substituents is 1. The first-order valence-corrected chi connectivity index (χ1v) is 8.99. The molecule has 27 heavy (non-hydrogen) atoms. The van der Waals surface area contributed by atoms with Crippen LogP contribution in [0.4, 0.5) is 5.69 Å². The second-order valence-electron chi connectivity index (χ2n) is 5.28. The van der Waals surface area contributed by atoms with Crippen LogP contribution in [0.2, 0.25) is 0 Å². The topological polar surface area (TPSA) is 96.5 Å². The van der Waals surface area contributed by atoms with Crippen molar-refractivity contribution in [2.24, 2.45) is 0 Å². The standard InChI is InChI=1S/C18H15N3O5S/c1-25-13-8-9-16(14(10-13)21(23)24)26-17(22)15-11-19-18(27-2)20(15)12-6-4-3-5-7-12/h3-11H,1-2H3. The molecule has 3 rings (SSSR count). The molecule has 0 aliphatic carbocycles. The molecule has 0 N–H and O–H groups in total. The summed E-state index contributed by atoms with van der Waals surface area (Å²) in [5.41, 5.74) is 0.532. The molecule has 9 heteroatoms. The molecule has 0 bridgehead atoms. The molecule has 1 heterocycles. The number of thioether (sulfide) groups is 1. The largest absolute Gasteiger partial charge is 0.496 e. The van der Waals surface area contributed by atoms with Gasteiger partial charge in [-0.3, -0.25) is 14.7 Å². The Labute approximate surface area is 158 Å². The summed E-state index contributed by atoms with van der Waals surface area (Å²) in [6.07, 6.45) is 3.22. The summed E-state index contributed by atoms with van der Waals surface area (Å²) < 4.78 is 11.9. The number of para-hydroxylation sites is 1. The molecule has 0 aliphatic rings. The van der Waals surface area contributed by atoms with Gasteiger partial charge in [-0.2, -0.15) is 0 Å². The summed E-state index contributed by atoms with van der Waals surface area (Å²) in [6, 6.07) is 13.2. The van der Waals surface area contributed by atoms with E-state index in [1.807, 2.05) is 36.6 Å². The van der Waals surface area contributed by atoms with E-state index in [9.17, 15) is 14.9 Å². The fourth-order valence-electron chi connectivity index (χ4n) is 2.45. The van der Waals surface area contributed by atoms with E-state index in [0.29, 0.717) is 10.9 Å². The highest BCUT2D eigenvalue weighted by atomic mass is 32.2. The van der Waals surface area contributed by atoms with Gasteiger partial charge in [0.15, 0.2) is 10.9 Å². The molecule has 0 saturated heterocycles. The minimum atomic E-state index is -0.750. The van der Waals surface area contributed by atoms with Gasteiger partial charge in [-0.15, -0.1) is 0 Å². The number of nitro groups is 1. The van der Waals surface area contributed by atoms with E-state index in [-0.39, 0.29) is 17.1 Å². The second-order valence-corrected chi connectivity index (χ2v) is 6.05. The number of carbonyl (C=O) groups is 1. The van der Waals surface area contributed by atoms with Gasteiger partial charge in [0.2, 0.25) is 5.75 Å². The zero-order chi connectivity index (χ0) is 19.4. The van der Waals surface area contributed by atoms with E-state index in [4.69, 9.17) is 9.47 Å². The Hall–Kier alpha value is -3.33. The van der Waals surface area contributed by atoms with E-state index < -0.39 is 10.9 Å². The van der Waals surface area contributed by atoms with Gasteiger partial charge in [0.1, 0.15) is 5.75 Å². The highest BCUT2D eigenvalue weighted by molar-refractivity contribution is 7.98. The Balaban J connectivity index is 1.99. The lowest BCUT2D eigenvalue weighted by molar-refractivity contribution is -0.385. The van der Waals surface area contributed by atoms with Crippen LogP contribution < -0.4 is 9.47 Å². The number of esters is 1. The van der Waals surface area contributed by atoms with Crippen LogP contribution in [0.25, 0.3) is 5.69 Å². The van der Waals surface area contributed by atoms with Crippen molar-refractivity contribution in [3.8, 4) is 17.2 Å². The molecule has 2 aromatic carbocycles. The van der Waals surface area contributed by atoms with Gasteiger partial charge in [-0.25, -0.2) is 9.78 Å². The smallest absolute Gasteiger partial charge is 0.362 e. The van der Waals surface area contributed by atoms with Crippen molar-refractivity contribution in [1.82, 2.24) is 9.55 Å². The van der Waals surface area contributed by atoms with Gasteiger partial charge in [-0.05, 0) is 30.5 Å². The molecular formula is C18H15N3O5S. The monoisotopic (exact) mass is 385 g/mol. The lowest BCUT2D eigenvalue weighted by atomic mass is 10.2. The number of hydrogen-bond donors (Lipinski definition) is 0. The van der Waals surface area contributed by atoms with Crippen LogP contribution in [0.1, 0.15) is 10.5 Å². The first-order chi connectivity index (χ1) is 13.0. The number of aromatic nitrogens is 2. The van der Waals surface area contributed by atoms with Gasteiger partial charge >= 0.3 is 11.7 Å². The molecule has 1 aromatic heterocycles. The third-order valence-corrected chi connectivity index (χ3v) is 4.35. The number of methoxy groups -OCH3 is 1. The van der Waals surface area contributed by atoms with Crippen LogP contribution >= 0.6 is 11.8 Å². The van der Waals surface area contributed by atoms with Crippen molar-refractivity contribution in [3.05, 3.63) is 70.5 Å². The fraction of sp³-hybridized carbons (Fsp3) is 0.111. The zero-order valence-electron chi connectivity index (χ0n) is 14.5. The molecule has 0 atom stereocenters. The highest BCUT2D eigenvalue weighted by Gasteiger charge is 2.24. The van der Waals surface area contributed by atoms with E-state index in [2.05, 4.69) is 4.98 Å². The molecule has 8 nitrogen and oxygen atoms in total. The summed E-state index contributed by atoms with van der Waals surface area (Å²) in [6.45, 7) is 0. The maximum Gasteiger partial charge on any atom is 0.362 e. The third-order valence-electron chi connectivity index (χ3n) is 3.70. The molecule has 0 amide bonds. The number of nitrogens with zero attached hydrogens (tertiary/aromatic N) is 3. The van der Waals surface area contributed by atoms with Crippen molar-refractivity contribution in [1.29, 1.82) is 0 Å². The predicted molar refractivity (Wildman–Crippen MR) is 100.0 cm³/mol. The summed E-state index contributed by atoms with van der Waals surface area (Å²) >= 11 is 1.37. The van der Waals surface area contributed by atoms with E-state index >= 15 is 0 Å². The Morgan fingerprint density at radius 2 is 1.96 bits per heavy atom. The van der Waals surface area contributed by atoms with Crippen LogP contribution in [0.3, 0.4) is 0 Å². The number of rotatable bonds is 6. The first kappa shape index (κ1) is 18.5. The Morgan fingerprint density at radius 1 is 1.22 bits per heavy atom. The van der Waals surface area contributed by atoms with Gasteiger partial charge in [0.05, 0.1) is 24.3 Å². The van der Waals surface area contributed by atoms with Gasteiger partial charge in [0.25, 0.3) is 0 Å². The minimum absolute atomic E-state index is 0.163. The van der Waals surface area contributed by atoms with Crippen molar-refractivity contribution < 1.29 is 19.2 Å². The maximum atomic E-state index is 12.7. The van der Waals surface area contributed by atoms with Gasteiger partial charge < -0.3 is 9.47 Å². The number of imidazole rings is 1. The highest BCUT2D eigenvalue weighted by Crippen LogP contribution is 2.32. The molecule has 138 valence electrons. The average Bonchev–Trinajstić information content (AvgIpc) is 3.13. The summed E-state index contributed by atoms with van der Waals surface area (Å²) in [4.78, 5) is 27.6.